The van der Waals surface area contributed by atoms with Gasteiger partial charge in [-0.2, -0.15) is 0 Å². The van der Waals surface area contributed by atoms with Crippen molar-refractivity contribution < 1.29 is 27.2 Å². The average Bonchev–Trinajstić information content (AvgIpc) is 2.68. The van der Waals surface area contributed by atoms with Crippen LogP contribution in [-0.4, -0.2) is 41.4 Å². The molecule has 28 heavy (non-hydrogen) atoms. The molecular formula is C19H15F4N3O2. The Bertz CT molecular complexity index is 982. The van der Waals surface area contributed by atoms with Crippen LogP contribution in [0, 0.1) is 23.3 Å². The van der Waals surface area contributed by atoms with E-state index in [1.165, 1.54) is 12.1 Å². The number of hydrogen-bond acceptors (Lipinski definition) is 2. The summed E-state index contributed by atoms with van der Waals surface area (Å²) < 4.78 is 54.3. The largest absolute Gasteiger partial charge is 0.332 e. The molecule has 2 aromatic carbocycles. The topological polar surface area (TPSA) is 52.7 Å². The number of nitrogens with zero attached hydrogens (tertiary/aromatic N) is 2. The minimum Gasteiger partial charge on any atom is -0.332 e. The predicted octanol–water partition coefficient (Wildman–Crippen LogP) is 3.22. The van der Waals surface area contributed by atoms with Crippen LogP contribution in [0.3, 0.4) is 0 Å². The van der Waals surface area contributed by atoms with Gasteiger partial charge in [0, 0.05) is 13.1 Å². The van der Waals surface area contributed by atoms with Gasteiger partial charge in [-0.25, -0.2) is 22.4 Å². The van der Waals surface area contributed by atoms with Crippen molar-refractivity contribution in [1.29, 1.82) is 0 Å². The van der Waals surface area contributed by atoms with E-state index < -0.39 is 35.2 Å². The van der Waals surface area contributed by atoms with Crippen LogP contribution in [0.15, 0.2) is 30.3 Å². The van der Waals surface area contributed by atoms with Crippen LogP contribution in [0.25, 0.3) is 0 Å². The van der Waals surface area contributed by atoms with Crippen molar-refractivity contribution in [1.82, 2.24) is 9.80 Å². The number of piperazine rings is 1. The summed E-state index contributed by atoms with van der Waals surface area (Å²) in [5, 5.41) is 2.16. The van der Waals surface area contributed by atoms with Crippen LogP contribution in [0.5, 0.6) is 0 Å². The number of carbonyl (C=O) groups excluding carboxylic acids is 2. The molecule has 2 aliphatic rings. The van der Waals surface area contributed by atoms with Crippen LogP contribution < -0.4 is 5.32 Å². The summed E-state index contributed by atoms with van der Waals surface area (Å²) in [6.07, 6.45) is 0.385. The lowest BCUT2D eigenvalue weighted by Gasteiger charge is -2.44. The number of hydrogen-bond donors (Lipinski definition) is 1. The Labute approximate surface area is 157 Å². The van der Waals surface area contributed by atoms with E-state index in [9.17, 15) is 27.2 Å². The van der Waals surface area contributed by atoms with Crippen LogP contribution >= 0.6 is 0 Å². The number of benzene rings is 2. The van der Waals surface area contributed by atoms with E-state index >= 15 is 0 Å². The number of rotatable bonds is 1. The molecule has 1 fully saturated rings. The summed E-state index contributed by atoms with van der Waals surface area (Å²) in [7, 11) is 0. The first-order valence-corrected chi connectivity index (χ1v) is 8.63. The highest BCUT2D eigenvalue weighted by Gasteiger charge is 2.39. The van der Waals surface area contributed by atoms with Crippen LogP contribution in [0.2, 0.25) is 0 Å². The Balaban J connectivity index is 1.58. The molecule has 3 amide bonds. The third-order valence-corrected chi connectivity index (χ3v) is 5.10. The van der Waals surface area contributed by atoms with Gasteiger partial charge in [0.15, 0.2) is 17.5 Å². The third-order valence-electron chi connectivity index (χ3n) is 5.10. The minimum atomic E-state index is -1.70. The first kappa shape index (κ1) is 18.3. The van der Waals surface area contributed by atoms with Crippen LogP contribution in [0.4, 0.5) is 28.0 Å². The number of nitrogens with one attached hydrogen (secondary N) is 1. The van der Waals surface area contributed by atoms with E-state index in [0.717, 1.165) is 11.0 Å². The molecule has 0 saturated carbocycles. The van der Waals surface area contributed by atoms with E-state index in [1.54, 1.807) is 11.0 Å². The first-order valence-electron chi connectivity index (χ1n) is 8.63. The summed E-state index contributed by atoms with van der Waals surface area (Å²) in [6.45, 7) is 0.155. The number of anilines is 1. The Morgan fingerprint density at radius 3 is 2.61 bits per heavy atom. The van der Waals surface area contributed by atoms with Gasteiger partial charge in [0.2, 0.25) is 5.91 Å². The van der Waals surface area contributed by atoms with E-state index in [0.29, 0.717) is 30.2 Å². The Kier molecular flexibility index (Phi) is 4.44. The average molecular weight is 393 g/mol. The Hall–Kier alpha value is -3.10. The van der Waals surface area contributed by atoms with Gasteiger partial charge in [-0.05, 0) is 35.7 Å². The molecule has 0 aromatic heterocycles. The van der Waals surface area contributed by atoms with Gasteiger partial charge in [-0.1, -0.05) is 12.1 Å². The summed E-state index contributed by atoms with van der Waals surface area (Å²) in [5.41, 5.74) is 0.593. The number of carbonyl (C=O) groups is 2. The number of urea groups is 1. The van der Waals surface area contributed by atoms with E-state index in [1.807, 2.05) is 0 Å². The molecule has 1 atom stereocenters. The first-order chi connectivity index (χ1) is 13.4. The molecule has 2 aliphatic heterocycles. The fraction of sp³-hybridized carbons (Fsp3) is 0.263. The minimum absolute atomic E-state index is 0.0688. The zero-order valence-corrected chi connectivity index (χ0v) is 14.5. The van der Waals surface area contributed by atoms with E-state index in [4.69, 9.17) is 0 Å². The molecular weight excluding hydrogens is 378 g/mol. The maximum absolute atomic E-state index is 14.1. The maximum atomic E-state index is 14.1. The van der Waals surface area contributed by atoms with Crippen molar-refractivity contribution in [3.05, 3.63) is 64.7 Å². The molecule has 0 spiro atoms. The van der Waals surface area contributed by atoms with Crippen LogP contribution in [0.1, 0.15) is 17.2 Å². The van der Waals surface area contributed by atoms with Gasteiger partial charge in [-0.15, -0.1) is 0 Å². The highest BCUT2D eigenvalue weighted by atomic mass is 19.2. The SMILES string of the molecule is O=C(Nc1ccc(F)c(F)c1F)N1CC(=O)N2CCc3c(F)cccc3C2C1. The molecule has 9 heteroatoms. The second-order valence-corrected chi connectivity index (χ2v) is 6.69. The van der Waals surface area contributed by atoms with Gasteiger partial charge >= 0.3 is 6.03 Å². The van der Waals surface area contributed by atoms with Crippen molar-refractivity contribution in [2.45, 2.75) is 12.5 Å². The molecule has 0 bridgehead atoms. The van der Waals surface area contributed by atoms with Crippen molar-refractivity contribution in [2.75, 3.05) is 25.0 Å². The van der Waals surface area contributed by atoms with Gasteiger partial charge in [0.25, 0.3) is 0 Å². The molecule has 1 unspecified atom stereocenters. The zero-order chi connectivity index (χ0) is 20.0. The number of fused-ring (bicyclic) bond motifs is 3. The Morgan fingerprint density at radius 2 is 1.82 bits per heavy atom. The van der Waals surface area contributed by atoms with Crippen LogP contribution in [-0.2, 0) is 11.2 Å². The van der Waals surface area contributed by atoms with Crippen molar-refractivity contribution in [3.8, 4) is 0 Å². The highest BCUT2D eigenvalue weighted by Crippen LogP contribution is 2.34. The summed E-state index contributed by atoms with van der Waals surface area (Å²) in [4.78, 5) is 27.7. The maximum Gasteiger partial charge on any atom is 0.322 e. The lowest BCUT2D eigenvalue weighted by molar-refractivity contribution is -0.139. The summed E-state index contributed by atoms with van der Waals surface area (Å²) in [5.74, 6) is -5.29. The van der Waals surface area contributed by atoms with Gasteiger partial charge in [-0.3, -0.25) is 4.79 Å². The highest BCUT2D eigenvalue weighted by molar-refractivity contribution is 5.93. The molecule has 2 heterocycles. The normalized spacial score (nSPS) is 18.6. The standard InChI is InChI=1S/C19H15F4N3O2/c20-12-3-1-2-11-10(12)6-7-26-15(11)8-25(9-16(26)27)19(28)24-14-5-4-13(21)17(22)18(14)23/h1-5,15H,6-9H2,(H,24,28). The number of halogens is 4. The second kappa shape index (κ2) is 6.81. The van der Waals surface area contributed by atoms with Crippen molar-refractivity contribution in [2.24, 2.45) is 0 Å². The second-order valence-electron chi connectivity index (χ2n) is 6.69. The molecule has 0 aliphatic carbocycles. The third kappa shape index (κ3) is 2.96. The summed E-state index contributed by atoms with van der Waals surface area (Å²) >= 11 is 0. The van der Waals surface area contributed by atoms with Gasteiger partial charge < -0.3 is 15.1 Å². The van der Waals surface area contributed by atoms with E-state index in [-0.39, 0.29) is 24.8 Å². The molecule has 1 N–H and O–H groups in total. The summed E-state index contributed by atoms with van der Waals surface area (Å²) in [6, 6.07) is 4.82. The fourth-order valence-electron chi connectivity index (χ4n) is 3.70. The molecule has 1 saturated heterocycles. The smallest absolute Gasteiger partial charge is 0.322 e. The van der Waals surface area contributed by atoms with Crippen molar-refractivity contribution in [3.63, 3.8) is 0 Å². The lowest BCUT2D eigenvalue weighted by Crippen LogP contribution is -2.56. The lowest BCUT2D eigenvalue weighted by atomic mass is 9.90. The quantitative estimate of drug-likeness (QED) is 0.598. The van der Waals surface area contributed by atoms with Crippen molar-refractivity contribution >= 4 is 17.6 Å². The monoisotopic (exact) mass is 393 g/mol. The predicted molar refractivity (Wildman–Crippen MR) is 91.5 cm³/mol. The Morgan fingerprint density at radius 1 is 1.04 bits per heavy atom. The molecule has 5 nitrogen and oxygen atoms in total. The zero-order valence-electron chi connectivity index (χ0n) is 14.5. The van der Waals surface area contributed by atoms with E-state index in [2.05, 4.69) is 5.32 Å². The molecule has 2 aromatic rings. The molecule has 0 radical (unpaired) electrons. The van der Waals surface area contributed by atoms with Gasteiger partial charge in [0.1, 0.15) is 12.4 Å². The number of amides is 3. The molecule has 146 valence electrons. The fourth-order valence-corrected chi connectivity index (χ4v) is 3.70. The van der Waals surface area contributed by atoms with Gasteiger partial charge in [0.05, 0.1) is 11.7 Å². The molecule has 4 rings (SSSR count).